The molecule has 0 spiro atoms. The molecule has 1 heterocycles. The Labute approximate surface area is 50.5 Å². The lowest BCUT2D eigenvalue weighted by atomic mass is 10.2. The third-order valence-electron chi connectivity index (χ3n) is 1.82. The van der Waals surface area contributed by atoms with Gasteiger partial charge in [-0.1, -0.05) is 0 Å². The number of hydrogen-bond acceptors (Lipinski definition) is 0. The van der Waals surface area contributed by atoms with Crippen molar-refractivity contribution in [1.29, 1.82) is 0 Å². The van der Waals surface area contributed by atoms with Crippen molar-refractivity contribution in [2.45, 2.75) is 19.9 Å². The number of hydrogen-bond donors (Lipinski definition) is 0. The topological polar surface area (TPSA) is 0 Å². The van der Waals surface area contributed by atoms with E-state index in [1.807, 2.05) is 0 Å². The van der Waals surface area contributed by atoms with E-state index in [1.54, 1.807) is 0 Å². The maximum absolute atomic E-state index is 3.01. The highest BCUT2D eigenvalue weighted by atomic mass is 15.3. The molecule has 0 aromatic carbocycles. The predicted molar refractivity (Wildman–Crippen MR) is 34.0 cm³/mol. The van der Waals surface area contributed by atoms with Gasteiger partial charge in [-0.05, 0) is 19.6 Å². The molecule has 1 heteroatoms. The lowest BCUT2D eigenvalue weighted by Crippen LogP contribution is -2.41. The van der Waals surface area contributed by atoms with Crippen LogP contribution in [0, 0.1) is 0 Å². The molecule has 0 atom stereocenters. The molecule has 0 N–H and O–H groups in total. The molecule has 1 aliphatic rings. The van der Waals surface area contributed by atoms with Crippen LogP contribution in [0.25, 0.3) is 0 Å². The van der Waals surface area contributed by atoms with Crippen molar-refractivity contribution >= 4 is 0 Å². The van der Waals surface area contributed by atoms with E-state index < -0.39 is 0 Å². The van der Waals surface area contributed by atoms with E-state index in [1.165, 1.54) is 0 Å². The van der Waals surface area contributed by atoms with E-state index in [0.717, 1.165) is 4.48 Å². The third-order valence-corrected chi connectivity index (χ3v) is 1.82. The lowest BCUT2D eigenvalue weighted by Gasteiger charge is -2.31. The fraction of sp³-hybridized carbons (Fsp3) is 0.571. The standard InChI is InChI=1S/C7H12N/c1-7(2)8(3)5-4-6-8/h5-7H,1-3H3/q+1. The van der Waals surface area contributed by atoms with Crippen LogP contribution in [0.3, 0.4) is 0 Å². The summed E-state index contributed by atoms with van der Waals surface area (Å²) in [4.78, 5) is 0. The van der Waals surface area contributed by atoms with Crippen LogP contribution >= 0.6 is 0 Å². The first-order valence-corrected chi connectivity index (χ1v) is 2.95. The van der Waals surface area contributed by atoms with Gasteiger partial charge in [0.25, 0.3) is 0 Å². The second-order valence-corrected chi connectivity index (χ2v) is 2.74. The largest absolute Gasteiger partial charge is 0.258 e. The fourth-order valence-corrected chi connectivity index (χ4v) is 0.608. The first-order valence-electron chi connectivity index (χ1n) is 2.95. The summed E-state index contributed by atoms with van der Waals surface area (Å²) < 4.78 is 0.944. The van der Waals surface area contributed by atoms with Crippen molar-refractivity contribution in [2.24, 2.45) is 0 Å². The van der Waals surface area contributed by atoms with E-state index in [-0.39, 0.29) is 0 Å². The Morgan fingerprint density at radius 1 is 1.38 bits per heavy atom. The van der Waals surface area contributed by atoms with Crippen molar-refractivity contribution < 1.29 is 4.48 Å². The minimum Gasteiger partial charge on any atom is -0.258 e. The Hall–Kier alpha value is -0.520. The minimum absolute atomic E-state index is 0.663. The van der Waals surface area contributed by atoms with Gasteiger partial charge < -0.3 is 0 Å². The maximum atomic E-state index is 3.01. The van der Waals surface area contributed by atoms with Gasteiger partial charge in [0.05, 0.1) is 13.1 Å². The van der Waals surface area contributed by atoms with Crippen molar-refractivity contribution in [1.82, 2.24) is 0 Å². The van der Waals surface area contributed by atoms with Crippen LogP contribution in [-0.2, 0) is 0 Å². The van der Waals surface area contributed by atoms with Crippen LogP contribution in [-0.4, -0.2) is 17.6 Å². The van der Waals surface area contributed by atoms with Crippen LogP contribution < -0.4 is 0 Å². The molecule has 0 aromatic rings. The average molecular weight is 110 g/mol. The average Bonchev–Trinajstić information content (AvgIpc) is 1.60. The molecule has 1 rings (SSSR count). The van der Waals surface area contributed by atoms with Gasteiger partial charge in [-0.3, -0.25) is 4.48 Å². The second kappa shape index (κ2) is 1.48. The van der Waals surface area contributed by atoms with Gasteiger partial charge in [0.1, 0.15) is 12.4 Å². The van der Waals surface area contributed by atoms with E-state index in [2.05, 4.69) is 39.0 Å². The summed E-state index contributed by atoms with van der Waals surface area (Å²) in [7, 11) is 2.17. The summed E-state index contributed by atoms with van der Waals surface area (Å²) >= 11 is 0. The van der Waals surface area contributed by atoms with Gasteiger partial charge in [0.15, 0.2) is 0 Å². The Morgan fingerprint density at radius 2 is 1.88 bits per heavy atom. The SMILES string of the molecule is CC(C)[N+]1(C)C=C=C1. The summed E-state index contributed by atoms with van der Waals surface area (Å²) in [6.45, 7) is 4.40. The third kappa shape index (κ3) is 0.605. The molecule has 44 valence electrons. The van der Waals surface area contributed by atoms with Crippen LogP contribution in [0.2, 0.25) is 0 Å². The highest BCUT2D eigenvalue weighted by Crippen LogP contribution is 2.16. The van der Waals surface area contributed by atoms with Crippen molar-refractivity contribution in [3.63, 3.8) is 0 Å². The molecule has 0 fully saturated rings. The summed E-state index contributed by atoms with van der Waals surface area (Å²) in [6.07, 6.45) is 4.15. The Balaban J connectivity index is 2.60. The number of nitrogens with zero attached hydrogens (tertiary/aromatic N) is 1. The van der Waals surface area contributed by atoms with Crippen molar-refractivity contribution in [2.75, 3.05) is 7.05 Å². The molecule has 8 heavy (non-hydrogen) atoms. The van der Waals surface area contributed by atoms with Gasteiger partial charge in [-0.2, -0.15) is 0 Å². The van der Waals surface area contributed by atoms with Crippen LogP contribution in [0.4, 0.5) is 0 Å². The summed E-state index contributed by atoms with van der Waals surface area (Å²) in [5.41, 5.74) is 3.01. The Kier molecular flexibility index (Phi) is 1.04. The smallest absolute Gasteiger partial charge is 0.149 e. The monoisotopic (exact) mass is 110 g/mol. The molecule has 0 unspecified atom stereocenters. The Morgan fingerprint density at radius 3 is 1.88 bits per heavy atom. The number of rotatable bonds is 1. The van der Waals surface area contributed by atoms with Gasteiger partial charge >= 0.3 is 0 Å². The fourth-order valence-electron chi connectivity index (χ4n) is 0.608. The molecular weight excluding hydrogens is 98.1 g/mol. The van der Waals surface area contributed by atoms with Gasteiger partial charge in [0.2, 0.25) is 0 Å². The maximum Gasteiger partial charge on any atom is 0.149 e. The number of quaternary nitrogens is 1. The molecule has 1 aliphatic heterocycles. The van der Waals surface area contributed by atoms with E-state index >= 15 is 0 Å². The van der Waals surface area contributed by atoms with Crippen LogP contribution in [0.1, 0.15) is 13.8 Å². The minimum atomic E-state index is 0.663. The summed E-state index contributed by atoms with van der Waals surface area (Å²) in [5.74, 6) is 0. The quantitative estimate of drug-likeness (QED) is 0.354. The molecule has 0 saturated carbocycles. The molecule has 1 nitrogen and oxygen atoms in total. The van der Waals surface area contributed by atoms with Gasteiger partial charge in [0, 0.05) is 0 Å². The second-order valence-electron chi connectivity index (χ2n) is 2.74. The first kappa shape index (κ1) is 5.61. The zero-order valence-electron chi connectivity index (χ0n) is 5.68. The van der Waals surface area contributed by atoms with E-state index in [0.29, 0.717) is 6.04 Å². The Bertz CT molecular complexity index is 142. The lowest BCUT2D eigenvalue weighted by molar-refractivity contribution is -0.839. The molecule has 0 bridgehead atoms. The van der Waals surface area contributed by atoms with Gasteiger partial charge in [-0.25, -0.2) is 0 Å². The van der Waals surface area contributed by atoms with E-state index in [9.17, 15) is 0 Å². The molecule has 0 aliphatic carbocycles. The van der Waals surface area contributed by atoms with Crippen LogP contribution in [0.5, 0.6) is 0 Å². The first-order chi connectivity index (χ1) is 3.65. The molecule has 0 saturated heterocycles. The van der Waals surface area contributed by atoms with E-state index in [4.69, 9.17) is 0 Å². The predicted octanol–water partition coefficient (Wildman–Crippen LogP) is 1.48. The van der Waals surface area contributed by atoms with Crippen LogP contribution in [0.15, 0.2) is 18.1 Å². The highest BCUT2D eigenvalue weighted by molar-refractivity contribution is 4.86. The zero-order chi connectivity index (χ0) is 6.20. The van der Waals surface area contributed by atoms with Crippen molar-refractivity contribution in [3.05, 3.63) is 18.1 Å². The molecule has 0 aromatic heterocycles. The molecule has 0 amide bonds. The summed E-state index contributed by atoms with van der Waals surface area (Å²) in [6, 6.07) is 0.663. The molecular formula is C7H12N+. The molecule has 0 radical (unpaired) electrons. The summed E-state index contributed by atoms with van der Waals surface area (Å²) in [5, 5.41) is 0. The van der Waals surface area contributed by atoms with Gasteiger partial charge in [-0.15, -0.1) is 0 Å². The zero-order valence-corrected chi connectivity index (χ0v) is 5.68. The normalized spacial score (nSPS) is 21.5. The highest BCUT2D eigenvalue weighted by Gasteiger charge is 2.24. The van der Waals surface area contributed by atoms with Crippen molar-refractivity contribution in [3.8, 4) is 0 Å².